The largest absolute Gasteiger partial charge is 0.392 e. The van der Waals surface area contributed by atoms with Crippen molar-refractivity contribution in [1.82, 2.24) is 14.9 Å². The molecule has 1 aromatic carbocycles. The van der Waals surface area contributed by atoms with Crippen LogP contribution in [0.25, 0.3) is 11.4 Å². The summed E-state index contributed by atoms with van der Waals surface area (Å²) in [6.45, 7) is 5.75. The maximum absolute atomic E-state index is 13.0. The molecule has 2 fully saturated rings. The highest BCUT2D eigenvalue weighted by Crippen LogP contribution is 2.51. The second kappa shape index (κ2) is 7.60. The number of amides is 1. The van der Waals surface area contributed by atoms with Gasteiger partial charge in [-0.05, 0) is 26.7 Å². The number of likely N-dealkylation sites (tertiary alicyclic amines) is 1. The highest BCUT2D eigenvalue weighted by atomic mass is 16.5. The number of benzene rings is 1. The van der Waals surface area contributed by atoms with Gasteiger partial charge in [0.25, 0.3) is 5.91 Å². The Bertz CT molecular complexity index is 845. The molecule has 2 atom stereocenters. The third-order valence-corrected chi connectivity index (χ3v) is 6.33. The van der Waals surface area contributed by atoms with E-state index in [2.05, 4.69) is 9.97 Å². The van der Waals surface area contributed by atoms with E-state index in [0.717, 1.165) is 18.4 Å². The molecule has 0 radical (unpaired) electrons. The fourth-order valence-electron chi connectivity index (χ4n) is 4.52. The van der Waals surface area contributed by atoms with Crippen LogP contribution in [0.1, 0.15) is 42.2 Å². The van der Waals surface area contributed by atoms with Gasteiger partial charge in [0.15, 0.2) is 5.82 Å². The Labute approximate surface area is 165 Å². The number of rotatable bonds is 4. The first-order valence-corrected chi connectivity index (χ1v) is 10.0. The number of carbonyl (C=O) groups is 1. The topological polar surface area (TPSA) is 75.6 Å². The Morgan fingerprint density at radius 3 is 2.61 bits per heavy atom. The molecule has 6 heteroatoms. The lowest BCUT2D eigenvalue weighted by Crippen LogP contribution is -2.62. The molecular weight excluding hydrogens is 354 g/mol. The lowest BCUT2D eigenvalue weighted by atomic mass is 9.58. The molecule has 1 amide bonds. The number of carbonyl (C=O) groups excluding carboxylic acids is 1. The van der Waals surface area contributed by atoms with Gasteiger partial charge in [-0.1, -0.05) is 30.3 Å². The Balaban J connectivity index is 1.46. The Morgan fingerprint density at radius 2 is 2.00 bits per heavy atom. The predicted molar refractivity (Wildman–Crippen MR) is 106 cm³/mol. The Hall–Kier alpha value is -2.31. The van der Waals surface area contributed by atoms with Crippen molar-refractivity contribution in [2.75, 3.05) is 19.7 Å². The highest BCUT2D eigenvalue weighted by molar-refractivity contribution is 5.95. The van der Waals surface area contributed by atoms with E-state index in [4.69, 9.17) is 4.74 Å². The van der Waals surface area contributed by atoms with Crippen LogP contribution in [-0.4, -0.2) is 57.8 Å². The summed E-state index contributed by atoms with van der Waals surface area (Å²) in [4.78, 5) is 23.8. The van der Waals surface area contributed by atoms with Crippen LogP contribution < -0.4 is 0 Å². The molecule has 1 N–H and O–H groups in total. The monoisotopic (exact) mass is 381 g/mol. The molecule has 1 aliphatic heterocycles. The van der Waals surface area contributed by atoms with E-state index in [1.807, 2.05) is 49.1 Å². The smallest absolute Gasteiger partial charge is 0.257 e. The highest BCUT2D eigenvalue weighted by Gasteiger charge is 2.56. The van der Waals surface area contributed by atoms with Gasteiger partial charge < -0.3 is 14.7 Å². The van der Waals surface area contributed by atoms with Crippen LogP contribution in [0, 0.1) is 12.3 Å². The molecule has 2 aromatic rings. The van der Waals surface area contributed by atoms with Gasteiger partial charge in [-0.15, -0.1) is 0 Å². The molecule has 2 aliphatic rings. The molecule has 4 rings (SSSR count). The van der Waals surface area contributed by atoms with Crippen molar-refractivity contribution in [2.24, 2.45) is 5.41 Å². The standard InChI is InChI=1S/C22H27N3O3/c1-3-28-19-13-18(26)22(19)9-11-25(12-10-22)21(27)17-14-23-20(24-15(17)2)16-7-5-4-6-8-16/h4-8,14,18-19,26H,3,9-13H2,1-2H3/t18-,19+/m1/s1. The van der Waals surface area contributed by atoms with Crippen LogP contribution in [0.4, 0.5) is 0 Å². The minimum Gasteiger partial charge on any atom is -0.392 e. The second-order valence-corrected chi connectivity index (χ2v) is 7.78. The number of piperidine rings is 1. The van der Waals surface area contributed by atoms with Gasteiger partial charge in [-0.3, -0.25) is 4.79 Å². The van der Waals surface area contributed by atoms with Crippen molar-refractivity contribution in [1.29, 1.82) is 0 Å². The minimum atomic E-state index is -0.323. The van der Waals surface area contributed by atoms with Crippen LogP contribution in [0.3, 0.4) is 0 Å². The molecule has 1 aliphatic carbocycles. The zero-order valence-corrected chi connectivity index (χ0v) is 16.5. The molecule has 2 heterocycles. The van der Waals surface area contributed by atoms with Gasteiger partial charge in [-0.25, -0.2) is 9.97 Å². The number of aryl methyl sites for hydroxylation is 1. The molecule has 1 spiro atoms. The van der Waals surface area contributed by atoms with Crippen molar-refractivity contribution < 1.29 is 14.6 Å². The maximum atomic E-state index is 13.0. The zero-order valence-electron chi connectivity index (χ0n) is 16.5. The fourth-order valence-corrected chi connectivity index (χ4v) is 4.52. The summed E-state index contributed by atoms with van der Waals surface area (Å²) in [6, 6.07) is 9.76. The molecule has 0 unspecified atom stereocenters. The molecule has 0 bridgehead atoms. The number of aliphatic hydroxyl groups is 1. The van der Waals surface area contributed by atoms with Crippen LogP contribution >= 0.6 is 0 Å². The van der Waals surface area contributed by atoms with Crippen molar-refractivity contribution in [3.8, 4) is 11.4 Å². The third-order valence-electron chi connectivity index (χ3n) is 6.33. The summed E-state index contributed by atoms with van der Waals surface area (Å²) < 4.78 is 5.81. The Kier molecular flexibility index (Phi) is 5.17. The first-order chi connectivity index (χ1) is 13.5. The van der Waals surface area contributed by atoms with E-state index in [-0.39, 0.29) is 23.5 Å². The lowest BCUT2D eigenvalue weighted by Gasteiger charge is -2.56. The van der Waals surface area contributed by atoms with E-state index in [0.29, 0.717) is 43.2 Å². The SMILES string of the molecule is CCO[C@H]1C[C@@H](O)C12CCN(C(=O)c1cnc(-c3ccccc3)nc1C)CC2. The van der Waals surface area contributed by atoms with Gasteiger partial charge in [0.1, 0.15) is 0 Å². The average molecular weight is 381 g/mol. The molecule has 6 nitrogen and oxygen atoms in total. The number of nitrogens with zero attached hydrogens (tertiary/aromatic N) is 3. The van der Waals surface area contributed by atoms with Crippen molar-refractivity contribution in [2.45, 2.75) is 45.3 Å². The number of aliphatic hydroxyl groups excluding tert-OH is 1. The fraction of sp³-hybridized carbons (Fsp3) is 0.500. The van der Waals surface area contributed by atoms with Gasteiger partial charge in [0.2, 0.25) is 0 Å². The molecule has 148 valence electrons. The summed E-state index contributed by atoms with van der Waals surface area (Å²) in [5.41, 5.74) is 1.99. The number of aromatic nitrogens is 2. The first kappa shape index (κ1) is 19.0. The normalized spacial score (nSPS) is 23.5. The van der Waals surface area contributed by atoms with Crippen LogP contribution in [0.2, 0.25) is 0 Å². The molecule has 1 saturated carbocycles. The number of ether oxygens (including phenoxy) is 1. The number of hydrogen-bond donors (Lipinski definition) is 1. The van der Waals surface area contributed by atoms with E-state index in [9.17, 15) is 9.90 Å². The maximum Gasteiger partial charge on any atom is 0.257 e. The van der Waals surface area contributed by atoms with Crippen LogP contribution in [0.5, 0.6) is 0 Å². The molecule has 28 heavy (non-hydrogen) atoms. The van der Waals surface area contributed by atoms with Crippen molar-refractivity contribution in [3.63, 3.8) is 0 Å². The summed E-state index contributed by atoms with van der Waals surface area (Å²) in [6.07, 6.45) is 3.67. The zero-order chi connectivity index (χ0) is 19.7. The van der Waals surface area contributed by atoms with Gasteiger partial charge >= 0.3 is 0 Å². The minimum absolute atomic E-state index is 0.0336. The summed E-state index contributed by atoms with van der Waals surface area (Å²) in [7, 11) is 0. The average Bonchev–Trinajstić information content (AvgIpc) is 2.74. The van der Waals surface area contributed by atoms with E-state index >= 15 is 0 Å². The lowest BCUT2D eigenvalue weighted by molar-refractivity contribution is -0.207. The van der Waals surface area contributed by atoms with E-state index < -0.39 is 0 Å². The molecule has 1 aromatic heterocycles. The summed E-state index contributed by atoms with van der Waals surface area (Å²) in [5.74, 6) is 0.595. The molecule has 1 saturated heterocycles. The van der Waals surface area contributed by atoms with Crippen molar-refractivity contribution >= 4 is 5.91 Å². The predicted octanol–water partition coefficient (Wildman–Crippen LogP) is 2.84. The number of hydrogen-bond acceptors (Lipinski definition) is 5. The first-order valence-electron chi connectivity index (χ1n) is 10.0. The summed E-state index contributed by atoms with van der Waals surface area (Å²) in [5, 5.41) is 10.3. The quantitative estimate of drug-likeness (QED) is 0.881. The molecular formula is C22H27N3O3. The third kappa shape index (κ3) is 3.20. The van der Waals surface area contributed by atoms with E-state index in [1.165, 1.54) is 0 Å². The van der Waals surface area contributed by atoms with Gasteiger partial charge in [0.05, 0.1) is 23.5 Å². The van der Waals surface area contributed by atoms with Crippen molar-refractivity contribution in [3.05, 3.63) is 47.8 Å². The van der Waals surface area contributed by atoms with Gasteiger partial charge in [-0.2, -0.15) is 0 Å². The Morgan fingerprint density at radius 1 is 1.29 bits per heavy atom. The summed E-state index contributed by atoms with van der Waals surface area (Å²) >= 11 is 0. The van der Waals surface area contributed by atoms with Gasteiger partial charge in [0, 0.05) is 43.3 Å². The van der Waals surface area contributed by atoms with Crippen LogP contribution in [-0.2, 0) is 4.74 Å². The second-order valence-electron chi connectivity index (χ2n) is 7.78. The van der Waals surface area contributed by atoms with Crippen LogP contribution in [0.15, 0.2) is 36.5 Å². The van der Waals surface area contributed by atoms with E-state index in [1.54, 1.807) is 6.20 Å².